The van der Waals surface area contributed by atoms with E-state index in [1.165, 1.54) is 55.6 Å². The van der Waals surface area contributed by atoms with Gasteiger partial charge in [0.1, 0.15) is 11.2 Å². The van der Waals surface area contributed by atoms with Crippen molar-refractivity contribution in [3.05, 3.63) is 174 Å². The zero-order valence-electron chi connectivity index (χ0n) is 24.3. The molecule has 2 heteroatoms. The fourth-order valence-corrected chi connectivity index (χ4v) is 8.76. The SMILES string of the molecule is c1ccc(N(c2ccc3c(c2)C24c5ccccc5-c5cccc(c52)-c2cccc-3c24)c2ccc3c(c2)oc2ccccc23)cc1. The molecule has 0 saturated heterocycles. The fourth-order valence-electron chi connectivity index (χ4n) is 8.76. The van der Waals surface area contributed by atoms with Gasteiger partial charge in [-0.3, -0.25) is 0 Å². The molecule has 0 bridgehead atoms. The number of para-hydroxylation sites is 2. The molecule has 1 heterocycles. The summed E-state index contributed by atoms with van der Waals surface area (Å²) in [7, 11) is 0. The minimum absolute atomic E-state index is 0.315. The zero-order chi connectivity index (χ0) is 29.3. The van der Waals surface area contributed by atoms with E-state index in [0.717, 1.165) is 39.0 Å². The molecule has 3 aliphatic rings. The van der Waals surface area contributed by atoms with Crippen molar-refractivity contribution >= 4 is 39.0 Å². The van der Waals surface area contributed by atoms with Crippen LogP contribution in [0.1, 0.15) is 22.3 Å². The molecule has 2 nitrogen and oxygen atoms in total. The van der Waals surface area contributed by atoms with E-state index in [2.05, 4.69) is 144 Å². The van der Waals surface area contributed by atoms with Crippen molar-refractivity contribution in [3.8, 4) is 33.4 Å². The Bertz CT molecular complexity index is 2520. The molecule has 208 valence electrons. The third kappa shape index (κ3) is 2.77. The van der Waals surface area contributed by atoms with Crippen molar-refractivity contribution in [2.24, 2.45) is 0 Å². The van der Waals surface area contributed by atoms with Gasteiger partial charge in [0, 0.05) is 33.9 Å². The van der Waals surface area contributed by atoms with Gasteiger partial charge in [0.25, 0.3) is 0 Å². The lowest BCUT2D eigenvalue weighted by Crippen LogP contribution is -2.23. The largest absolute Gasteiger partial charge is 0.456 e. The van der Waals surface area contributed by atoms with E-state index < -0.39 is 0 Å². The molecule has 1 atom stereocenters. The van der Waals surface area contributed by atoms with Crippen LogP contribution < -0.4 is 4.90 Å². The van der Waals surface area contributed by atoms with Crippen molar-refractivity contribution in [1.29, 1.82) is 0 Å². The molecule has 1 unspecified atom stereocenters. The van der Waals surface area contributed by atoms with Crippen LogP contribution in [-0.2, 0) is 5.41 Å². The van der Waals surface area contributed by atoms with Crippen LogP contribution in [0.5, 0.6) is 0 Å². The van der Waals surface area contributed by atoms with E-state index in [1.54, 1.807) is 0 Å². The quantitative estimate of drug-likeness (QED) is 0.210. The summed E-state index contributed by atoms with van der Waals surface area (Å²) in [6, 6.07) is 55.5. The van der Waals surface area contributed by atoms with Crippen LogP contribution in [0.2, 0.25) is 0 Å². The number of rotatable bonds is 3. The first-order chi connectivity index (χ1) is 22.3. The third-order valence-corrected chi connectivity index (χ3v) is 10.4. The molecule has 1 spiro atoms. The smallest absolute Gasteiger partial charge is 0.137 e. The van der Waals surface area contributed by atoms with E-state index in [1.807, 2.05) is 12.1 Å². The summed E-state index contributed by atoms with van der Waals surface area (Å²) >= 11 is 0. The Hall–Kier alpha value is -5.86. The molecule has 0 aliphatic heterocycles. The van der Waals surface area contributed by atoms with Gasteiger partial charge in [-0.2, -0.15) is 0 Å². The van der Waals surface area contributed by atoms with Gasteiger partial charge in [0.2, 0.25) is 0 Å². The minimum Gasteiger partial charge on any atom is -0.456 e. The van der Waals surface area contributed by atoms with Crippen LogP contribution in [0.15, 0.2) is 156 Å². The summed E-state index contributed by atoms with van der Waals surface area (Å²) in [5, 5.41) is 2.28. The second-order valence-electron chi connectivity index (χ2n) is 12.4. The molecule has 0 fully saturated rings. The van der Waals surface area contributed by atoms with Crippen LogP contribution >= 0.6 is 0 Å². The first-order valence-electron chi connectivity index (χ1n) is 15.6. The standard InChI is InChI=1S/C43H25NO/c1-2-10-26(11-3-1)44(28-21-23-32-31-13-5-7-19-39(31)45-40(32)25-28)27-20-22-30-34-15-9-17-36-35-16-8-14-33-29-12-4-6-18-37(29)43(41(33)35,42(34)36)38(30)24-27/h1-25H. The molecule has 45 heavy (non-hydrogen) atoms. The highest BCUT2D eigenvalue weighted by Crippen LogP contribution is 2.70. The van der Waals surface area contributed by atoms with E-state index in [-0.39, 0.29) is 5.41 Å². The Labute approximate surface area is 260 Å². The molecule has 11 rings (SSSR count). The second kappa shape index (κ2) is 8.19. The summed E-state index contributed by atoms with van der Waals surface area (Å²) in [5.74, 6) is 0. The lowest BCUT2D eigenvalue weighted by molar-refractivity contribution is 0.669. The molecule has 0 saturated carbocycles. The maximum Gasteiger partial charge on any atom is 0.137 e. The summed E-state index contributed by atoms with van der Waals surface area (Å²) in [5.41, 5.74) is 18.6. The number of benzene rings is 7. The van der Waals surface area contributed by atoms with Crippen LogP contribution in [-0.4, -0.2) is 0 Å². The number of anilines is 3. The van der Waals surface area contributed by atoms with Crippen molar-refractivity contribution in [3.63, 3.8) is 0 Å². The maximum absolute atomic E-state index is 6.36. The molecule has 0 radical (unpaired) electrons. The highest BCUT2D eigenvalue weighted by Gasteiger charge is 2.57. The van der Waals surface area contributed by atoms with Crippen molar-refractivity contribution in [2.45, 2.75) is 5.41 Å². The summed E-state index contributed by atoms with van der Waals surface area (Å²) in [6.45, 7) is 0. The fraction of sp³-hybridized carbons (Fsp3) is 0.0233. The normalized spacial score (nSPS) is 16.1. The van der Waals surface area contributed by atoms with Gasteiger partial charge in [-0.05, 0) is 98.1 Å². The van der Waals surface area contributed by atoms with E-state index in [0.29, 0.717) is 0 Å². The Balaban J connectivity index is 1.20. The lowest BCUT2D eigenvalue weighted by atomic mass is 9.73. The molecular weight excluding hydrogens is 546 g/mol. The lowest BCUT2D eigenvalue weighted by Gasteiger charge is -2.30. The summed E-state index contributed by atoms with van der Waals surface area (Å²) in [4.78, 5) is 2.37. The Morgan fingerprint density at radius 2 is 0.956 bits per heavy atom. The molecule has 7 aromatic carbocycles. The van der Waals surface area contributed by atoms with Gasteiger partial charge in [-0.15, -0.1) is 0 Å². The number of furan rings is 1. The molecule has 0 amide bonds. The molecule has 3 aliphatic carbocycles. The van der Waals surface area contributed by atoms with E-state index in [4.69, 9.17) is 4.42 Å². The van der Waals surface area contributed by atoms with Crippen LogP contribution in [0.3, 0.4) is 0 Å². The monoisotopic (exact) mass is 571 g/mol. The predicted molar refractivity (Wildman–Crippen MR) is 184 cm³/mol. The van der Waals surface area contributed by atoms with Gasteiger partial charge < -0.3 is 9.32 Å². The van der Waals surface area contributed by atoms with Crippen molar-refractivity contribution in [2.75, 3.05) is 4.90 Å². The van der Waals surface area contributed by atoms with Gasteiger partial charge in [-0.25, -0.2) is 0 Å². The summed E-state index contributed by atoms with van der Waals surface area (Å²) in [6.07, 6.45) is 0. The van der Waals surface area contributed by atoms with Gasteiger partial charge in [0.05, 0.1) is 5.41 Å². The first kappa shape index (κ1) is 23.6. The molecule has 8 aromatic rings. The third-order valence-electron chi connectivity index (χ3n) is 10.4. The zero-order valence-corrected chi connectivity index (χ0v) is 24.3. The van der Waals surface area contributed by atoms with E-state index >= 15 is 0 Å². The Morgan fingerprint density at radius 3 is 1.76 bits per heavy atom. The van der Waals surface area contributed by atoms with Crippen LogP contribution in [0, 0.1) is 0 Å². The molecule has 0 N–H and O–H groups in total. The topological polar surface area (TPSA) is 16.4 Å². The molecule has 1 aromatic heterocycles. The van der Waals surface area contributed by atoms with Crippen LogP contribution in [0.4, 0.5) is 17.1 Å². The summed E-state index contributed by atoms with van der Waals surface area (Å²) < 4.78 is 6.36. The number of hydrogen-bond donors (Lipinski definition) is 0. The Kier molecular flexibility index (Phi) is 4.29. The first-order valence-corrected chi connectivity index (χ1v) is 15.6. The number of nitrogens with zero attached hydrogens (tertiary/aromatic N) is 1. The molecular formula is C43H25NO. The minimum atomic E-state index is -0.315. The van der Waals surface area contributed by atoms with Gasteiger partial charge in [-0.1, -0.05) is 103 Å². The second-order valence-corrected chi connectivity index (χ2v) is 12.4. The van der Waals surface area contributed by atoms with Gasteiger partial charge >= 0.3 is 0 Å². The van der Waals surface area contributed by atoms with Gasteiger partial charge in [0.15, 0.2) is 0 Å². The number of hydrogen-bond acceptors (Lipinski definition) is 2. The van der Waals surface area contributed by atoms with Crippen LogP contribution in [0.25, 0.3) is 55.3 Å². The Morgan fingerprint density at radius 1 is 0.378 bits per heavy atom. The van der Waals surface area contributed by atoms with Crippen molar-refractivity contribution in [1.82, 2.24) is 0 Å². The van der Waals surface area contributed by atoms with E-state index in [9.17, 15) is 0 Å². The highest BCUT2D eigenvalue weighted by atomic mass is 16.3. The highest BCUT2D eigenvalue weighted by molar-refractivity contribution is 6.08. The van der Waals surface area contributed by atoms with Crippen molar-refractivity contribution < 1.29 is 4.42 Å². The predicted octanol–water partition coefficient (Wildman–Crippen LogP) is 11.4. The average molecular weight is 572 g/mol. The average Bonchev–Trinajstić information content (AvgIpc) is 3.80. The number of fused-ring (bicyclic) bond motifs is 8. The maximum atomic E-state index is 6.36.